The van der Waals surface area contributed by atoms with E-state index in [-0.39, 0.29) is 5.56 Å². The summed E-state index contributed by atoms with van der Waals surface area (Å²) >= 11 is 0. The van der Waals surface area contributed by atoms with Crippen LogP contribution < -0.4 is 19.8 Å². The van der Waals surface area contributed by atoms with Gasteiger partial charge in [0.15, 0.2) is 5.75 Å². The number of aromatic nitrogens is 1. The summed E-state index contributed by atoms with van der Waals surface area (Å²) in [5, 5.41) is 0.889. The molecule has 3 rings (SSSR count). The monoisotopic (exact) mass is 493 g/mol. The van der Waals surface area contributed by atoms with Crippen LogP contribution in [0.4, 0.5) is 0 Å². The van der Waals surface area contributed by atoms with Crippen LogP contribution >= 0.6 is 0 Å². The zero-order valence-electron chi connectivity index (χ0n) is 22.4. The summed E-state index contributed by atoms with van der Waals surface area (Å²) in [6.07, 6.45) is 11.4. The minimum atomic E-state index is -0.135. The van der Waals surface area contributed by atoms with E-state index in [1.54, 1.807) is 7.11 Å². The van der Waals surface area contributed by atoms with E-state index in [1.807, 2.05) is 53.1 Å². The Morgan fingerprint density at radius 2 is 1.44 bits per heavy atom. The number of unbranched alkanes of at least 4 members (excludes halogenated alkanes) is 8. The van der Waals surface area contributed by atoms with Crippen molar-refractivity contribution in [1.82, 2.24) is 4.57 Å². The molecule has 196 valence electrons. The van der Waals surface area contributed by atoms with Crippen molar-refractivity contribution in [3.8, 4) is 17.2 Å². The highest BCUT2D eigenvalue weighted by Crippen LogP contribution is 2.35. The van der Waals surface area contributed by atoms with Gasteiger partial charge in [0.25, 0.3) is 5.56 Å². The number of ether oxygens (including phenoxy) is 3. The van der Waals surface area contributed by atoms with Crippen molar-refractivity contribution < 1.29 is 14.2 Å². The first-order valence-corrected chi connectivity index (χ1v) is 13.7. The van der Waals surface area contributed by atoms with Gasteiger partial charge >= 0.3 is 0 Å². The molecular weight excluding hydrogens is 450 g/mol. The summed E-state index contributed by atoms with van der Waals surface area (Å²) < 4.78 is 19.8. The lowest BCUT2D eigenvalue weighted by Crippen LogP contribution is -2.24. The van der Waals surface area contributed by atoms with E-state index >= 15 is 0 Å². The molecule has 1 heterocycles. The van der Waals surface area contributed by atoms with Gasteiger partial charge in [-0.3, -0.25) is 4.79 Å². The van der Waals surface area contributed by atoms with Gasteiger partial charge in [-0.1, -0.05) is 95.5 Å². The number of hydrogen-bond donors (Lipinski definition) is 0. The van der Waals surface area contributed by atoms with Crippen LogP contribution in [0.15, 0.2) is 53.3 Å². The first-order valence-electron chi connectivity index (χ1n) is 13.7. The summed E-state index contributed by atoms with van der Waals surface area (Å²) in [6.45, 7) is 5.95. The molecule has 0 unspecified atom stereocenters. The molecule has 3 aromatic rings. The predicted molar refractivity (Wildman–Crippen MR) is 149 cm³/mol. The normalized spacial score (nSPS) is 11.1. The Balaban J connectivity index is 1.96. The van der Waals surface area contributed by atoms with Crippen LogP contribution in [0, 0.1) is 0 Å². The molecule has 1 aromatic heterocycles. The van der Waals surface area contributed by atoms with Crippen LogP contribution in [0.3, 0.4) is 0 Å². The molecule has 0 atom stereocenters. The summed E-state index contributed by atoms with van der Waals surface area (Å²) in [4.78, 5) is 13.8. The van der Waals surface area contributed by atoms with E-state index < -0.39 is 0 Å². The first-order chi connectivity index (χ1) is 17.7. The van der Waals surface area contributed by atoms with Gasteiger partial charge in [-0.25, -0.2) is 0 Å². The number of aryl methyl sites for hydroxylation is 1. The van der Waals surface area contributed by atoms with Crippen LogP contribution in [0.1, 0.15) is 83.6 Å². The molecule has 36 heavy (non-hydrogen) atoms. The van der Waals surface area contributed by atoms with E-state index in [9.17, 15) is 4.79 Å². The van der Waals surface area contributed by atoms with E-state index in [2.05, 4.69) is 13.8 Å². The molecule has 0 amide bonds. The Labute approximate surface area is 216 Å². The maximum atomic E-state index is 13.8. The van der Waals surface area contributed by atoms with Gasteiger partial charge in [0, 0.05) is 18.0 Å². The minimum absolute atomic E-state index is 0.135. The number of methoxy groups -OCH3 is 1. The third kappa shape index (κ3) is 7.78. The number of benzene rings is 2. The Kier molecular flexibility index (Phi) is 11.7. The van der Waals surface area contributed by atoms with E-state index in [4.69, 9.17) is 14.2 Å². The number of pyridine rings is 1. The molecule has 0 saturated heterocycles. The van der Waals surface area contributed by atoms with Gasteiger partial charge in [-0.15, -0.1) is 0 Å². The van der Waals surface area contributed by atoms with Crippen LogP contribution in [-0.4, -0.2) is 18.3 Å². The third-order valence-corrected chi connectivity index (χ3v) is 6.59. The van der Waals surface area contributed by atoms with Crippen LogP contribution in [-0.2, 0) is 13.2 Å². The smallest absolute Gasteiger partial charge is 0.297 e. The summed E-state index contributed by atoms with van der Waals surface area (Å²) in [7, 11) is 1.65. The quantitative estimate of drug-likeness (QED) is 0.179. The average molecular weight is 494 g/mol. The lowest BCUT2D eigenvalue weighted by Gasteiger charge is -2.19. The first kappa shape index (κ1) is 27.6. The standard InChI is InChI=1S/C31H43NO4/c1-4-6-8-10-11-15-21-32-28-23-26(34-3)19-20-27(28)29(35-22-16-9-7-5-2)30(31(32)33)36-24-25-17-13-12-14-18-25/h12-14,17-20,23H,4-11,15-16,21-22,24H2,1-3H3. The fourth-order valence-electron chi connectivity index (χ4n) is 4.48. The Morgan fingerprint density at radius 3 is 2.17 bits per heavy atom. The molecule has 0 aliphatic carbocycles. The van der Waals surface area contributed by atoms with Crippen molar-refractivity contribution in [2.75, 3.05) is 13.7 Å². The minimum Gasteiger partial charge on any atom is -0.497 e. The van der Waals surface area contributed by atoms with E-state index in [0.29, 0.717) is 31.3 Å². The van der Waals surface area contributed by atoms with Gasteiger partial charge < -0.3 is 18.8 Å². The van der Waals surface area contributed by atoms with Crippen molar-refractivity contribution >= 4 is 10.9 Å². The van der Waals surface area contributed by atoms with Crippen LogP contribution in [0.2, 0.25) is 0 Å². The molecule has 0 bridgehead atoms. The predicted octanol–water partition coefficient (Wildman–Crippen LogP) is 7.91. The Morgan fingerprint density at radius 1 is 0.750 bits per heavy atom. The van der Waals surface area contributed by atoms with Crippen molar-refractivity contribution in [3.05, 3.63) is 64.4 Å². The van der Waals surface area contributed by atoms with Crippen LogP contribution in [0.25, 0.3) is 10.9 Å². The number of hydrogen-bond acceptors (Lipinski definition) is 4. The molecule has 0 aliphatic rings. The SMILES string of the molecule is CCCCCCCCn1c(=O)c(OCc2ccccc2)c(OCCCCCC)c2ccc(OC)cc21. The van der Waals surface area contributed by atoms with E-state index in [0.717, 1.165) is 47.9 Å². The fraction of sp³-hybridized carbons (Fsp3) is 0.516. The van der Waals surface area contributed by atoms with Crippen LogP contribution in [0.5, 0.6) is 17.2 Å². The molecule has 0 aliphatic heterocycles. The molecule has 0 saturated carbocycles. The van der Waals surface area contributed by atoms with Gasteiger partial charge in [-0.05, 0) is 30.5 Å². The zero-order chi connectivity index (χ0) is 25.6. The van der Waals surface area contributed by atoms with Gasteiger partial charge in [-0.2, -0.15) is 0 Å². The van der Waals surface area contributed by atoms with Crippen molar-refractivity contribution in [2.24, 2.45) is 0 Å². The topological polar surface area (TPSA) is 49.7 Å². The molecule has 0 N–H and O–H groups in total. The van der Waals surface area contributed by atoms with Crippen molar-refractivity contribution in [2.45, 2.75) is 91.2 Å². The fourth-order valence-corrected chi connectivity index (χ4v) is 4.48. The third-order valence-electron chi connectivity index (χ3n) is 6.59. The van der Waals surface area contributed by atoms with Crippen molar-refractivity contribution in [1.29, 1.82) is 0 Å². The maximum absolute atomic E-state index is 13.8. The van der Waals surface area contributed by atoms with E-state index in [1.165, 1.54) is 38.5 Å². The molecule has 5 heteroatoms. The van der Waals surface area contributed by atoms with Crippen molar-refractivity contribution in [3.63, 3.8) is 0 Å². The second kappa shape index (κ2) is 15.2. The average Bonchev–Trinajstić information content (AvgIpc) is 2.91. The number of fused-ring (bicyclic) bond motifs is 1. The van der Waals surface area contributed by atoms with Gasteiger partial charge in [0.2, 0.25) is 5.75 Å². The summed E-state index contributed by atoms with van der Waals surface area (Å²) in [5.41, 5.74) is 1.72. The Bertz CT molecular complexity index is 1110. The zero-order valence-corrected chi connectivity index (χ0v) is 22.4. The number of rotatable bonds is 17. The maximum Gasteiger partial charge on any atom is 0.297 e. The highest BCUT2D eigenvalue weighted by molar-refractivity contribution is 5.89. The molecule has 0 fully saturated rings. The highest BCUT2D eigenvalue weighted by atomic mass is 16.5. The molecule has 2 aromatic carbocycles. The second-order valence-electron chi connectivity index (χ2n) is 9.45. The molecule has 5 nitrogen and oxygen atoms in total. The van der Waals surface area contributed by atoms with Gasteiger partial charge in [0.1, 0.15) is 12.4 Å². The molecular formula is C31H43NO4. The lowest BCUT2D eigenvalue weighted by molar-refractivity contribution is 0.255. The lowest BCUT2D eigenvalue weighted by atomic mass is 10.1. The molecule has 0 radical (unpaired) electrons. The summed E-state index contributed by atoms with van der Waals surface area (Å²) in [5.74, 6) is 1.58. The summed E-state index contributed by atoms with van der Waals surface area (Å²) in [6, 6.07) is 15.8. The van der Waals surface area contributed by atoms with Gasteiger partial charge in [0.05, 0.1) is 19.2 Å². The highest BCUT2D eigenvalue weighted by Gasteiger charge is 2.20. The number of nitrogens with zero attached hydrogens (tertiary/aromatic N) is 1. The molecule has 0 spiro atoms. The largest absolute Gasteiger partial charge is 0.497 e. The second-order valence-corrected chi connectivity index (χ2v) is 9.45. The Hall–Kier alpha value is -2.95.